The topological polar surface area (TPSA) is 41.6 Å². The van der Waals surface area contributed by atoms with Crippen LogP contribution in [0.15, 0.2) is 6.07 Å². The van der Waals surface area contributed by atoms with Gasteiger partial charge in [-0.05, 0) is 75.4 Å². The van der Waals surface area contributed by atoms with E-state index in [0.717, 1.165) is 44.8 Å². The lowest BCUT2D eigenvalue weighted by molar-refractivity contribution is -0.130. The van der Waals surface area contributed by atoms with Crippen molar-refractivity contribution in [2.45, 2.75) is 47.0 Å². The van der Waals surface area contributed by atoms with Gasteiger partial charge in [-0.15, -0.1) is 0 Å². The number of aryl methyl sites for hydroxylation is 1. The van der Waals surface area contributed by atoms with E-state index in [4.69, 9.17) is 4.74 Å². The molecule has 0 unspecified atom stereocenters. The second kappa shape index (κ2) is 8.34. The largest absolute Gasteiger partial charge is 0.494 e. The van der Waals surface area contributed by atoms with Crippen molar-refractivity contribution < 1.29 is 9.53 Å². The molecule has 1 aliphatic rings. The zero-order valence-corrected chi connectivity index (χ0v) is 15.0. The van der Waals surface area contributed by atoms with Crippen LogP contribution in [0.1, 0.15) is 42.0 Å². The minimum Gasteiger partial charge on any atom is -0.494 e. The Balaban J connectivity index is 2.05. The zero-order valence-electron chi connectivity index (χ0n) is 15.0. The fourth-order valence-corrected chi connectivity index (χ4v) is 3.27. The quantitative estimate of drug-likeness (QED) is 0.907. The Hall–Kier alpha value is -1.55. The molecular weight excluding hydrogens is 288 g/mol. The molecule has 1 heterocycles. The Morgan fingerprint density at radius 3 is 2.74 bits per heavy atom. The smallest absolute Gasteiger partial charge is 0.222 e. The summed E-state index contributed by atoms with van der Waals surface area (Å²) < 4.78 is 5.71. The highest BCUT2D eigenvalue weighted by molar-refractivity contribution is 5.76. The van der Waals surface area contributed by atoms with Gasteiger partial charge in [0.05, 0.1) is 6.61 Å². The average molecular weight is 318 g/mol. The summed E-state index contributed by atoms with van der Waals surface area (Å²) >= 11 is 0. The highest BCUT2D eigenvalue weighted by atomic mass is 16.5. The van der Waals surface area contributed by atoms with Crippen LogP contribution in [0.25, 0.3) is 0 Å². The Labute approximate surface area is 140 Å². The second-order valence-corrected chi connectivity index (χ2v) is 6.34. The number of hydrogen-bond donors (Lipinski definition) is 1. The van der Waals surface area contributed by atoms with E-state index in [2.05, 4.69) is 32.2 Å². The maximum absolute atomic E-state index is 12.5. The number of hydrogen-bond acceptors (Lipinski definition) is 3. The molecule has 4 heteroatoms. The number of nitrogens with one attached hydrogen (secondary N) is 1. The molecule has 1 fully saturated rings. The van der Waals surface area contributed by atoms with Crippen molar-refractivity contribution in [1.29, 1.82) is 0 Å². The summed E-state index contributed by atoms with van der Waals surface area (Å²) in [6.07, 6.45) is 2.45. The fourth-order valence-electron chi connectivity index (χ4n) is 3.27. The van der Waals surface area contributed by atoms with Crippen LogP contribution in [0.3, 0.4) is 0 Å². The van der Waals surface area contributed by atoms with Gasteiger partial charge in [0, 0.05) is 26.1 Å². The predicted molar refractivity (Wildman–Crippen MR) is 94.2 cm³/mol. The first-order valence-corrected chi connectivity index (χ1v) is 8.75. The molecule has 2 rings (SSSR count). The molecule has 0 aliphatic carbocycles. The standard InChI is InChI=1S/C19H30N2O2/c1-5-23-18-13-14(2)17(15(3)16(18)4)7-8-19(22)21-11-6-9-20-10-12-21/h13,20H,5-12H2,1-4H3. The molecule has 0 aromatic heterocycles. The molecule has 0 bridgehead atoms. The SMILES string of the molecule is CCOc1cc(C)c(CCC(=O)N2CCCNCC2)c(C)c1C. The Morgan fingerprint density at radius 2 is 2.00 bits per heavy atom. The normalized spacial score (nSPS) is 15.4. The van der Waals surface area contributed by atoms with Gasteiger partial charge in [0.2, 0.25) is 5.91 Å². The third-order valence-electron chi connectivity index (χ3n) is 4.79. The molecule has 1 aliphatic heterocycles. The highest BCUT2D eigenvalue weighted by Gasteiger charge is 2.17. The number of carbonyl (C=O) groups excluding carboxylic acids is 1. The average Bonchev–Trinajstić information content (AvgIpc) is 2.81. The first-order valence-electron chi connectivity index (χ1n) is 8.75. The van der Waals surface area contributed by atoms with Gasteiger partial charge in [0.25, 0.3) is 0 Å². The van der Waals surface area contributed by atoms with Crippen LogP contribution < -0.4 is 10.1 Å². The van der Waals surface area contributed by atoms with Crippen LogP contribution in [0.2, 0.25) is 0 Å². The number of benzene rings is 1. The molecule has 0 radical (unpaired) electrons. The lowest BCUT2D eigenvalue weighted by Gasteiger charge is -2.21. The van der Waals surface area contributed by atoms with Crippen LogP contribution in [0, 0.1) is 20.8 Å². The number of ether oxygens (including phenoxy) is 1. The molecule has 0 atom stereocenters. The van der Waals surface area contributed by atoms with Crippen LogP contribution in [-0.4, -0.2) is 43.6 Å². The maximum atomic E-state index is 12.5. The van der Waals surface area contributed by atoms with Gasteiger partial charge in [0.1, 0.15) is 5.75 Å². The van der Waals surface area contributed by atoms with E-state index < -0.39 is 0 Å². The lowest BCUT2D eigenvalue weighted by atomic mass is 9.94. The van der Waals surface area contributed by atoms with Gasteiger partial charge in [-0.2, -0.15) is 0 Å². The lowest BCUT2D eigenvalue weighted by Crippen LogP contribution is -2.34. The van der Waals surface area contributed by atoms with Crippen molar-refractivity contribution in [2.75, 3.05) is 32.8 Å². The first kappa shape index (κ1) is 17.8. The van der Waals surface area contributed by atoms with Crippen molar-refractivity contribution in [1.82, 2.24) is 10.2 Å². The molecule has 1 aromatic rings. The van der Waals surface area contributed by atoms with Crippen LogP contribution >= 0.6 is 0 Å². The number of amides is 1. The zero-order chi connectivity index (χ0) is 16.8. The summed E-state index contributed by atoms with van der Waals surface area (Å²) in [5.41, 5.74) is 4.98. The summed E-state index contributed by atoms with van der Waals surface area (Å²) in [5.74, 6) is 1.25. The molecule has 0 saturated carbocycles. The molecule has 1 N–H and O–H groups in total. The van der Waals surface area contributed by atoms with Crippen molar-refractivity contribution in [3.63, 3.8) is 0 Å². The minimum absolute atomic E-state index is 0.277. The Morgan fingerprint density at radius 1 is 1.22 bits per heavy atom. The first-order chi connectivity index (χ1) is 11.0. The van der Waals surface area contributed by atoms with Gasteiger partial charge in [0.15, 0.2) is 0 Å². The van der Waals surface area contributed by atoms with Crippen molar-refractivity contribution in [2.24, 2.45) is 0 Å². The second-order valence-electron chi connectivity index (χ2n) is 6.34. The predicted octanol–water partition coefficient (Wildman–Crippen LogP) is 2.77. The molecule has 128 valence electrons. The van der Waals surface area contributed by atoms with E-state index in [1.54, 1.807) is 0 Å². The summed E-state index contributed by atoms with van der Waals surface area (Å²) in [6.45, 7) is 12.7. The van der Waals surface area contributed by atoms with E-state index in [-0.39, 0.29) is 5.91 Å². The molecular formula is C19H30N2O2. The van der Waals surface area contributed by atoms with Gasteiger partial charge >= 0.3 is 0 Å². The summed E-state index contributed by atoms with van der Waals surface area (Å²) in [5, 5.41) is 3.34. The Kier molecular flexibility index (Phi) is 6.46. The van der Waals surface area contributed by atoms with Crippen molar-refractivity contribution in [3.05, 3.63) is 28.3 Å². The highest BCUT2D eigenvalue weighted by Crippen LogP contribution is 2.28. The molecule has 1 amide bonds. The monoisotopic (exact) mass is 318 g/mol. The van der Waals surface area contributed by atoms with Gasteiger partial charge in [-0.3, -0.25) is 4.79 Å². The number of nitrogens with zero attached hydrogens (tertiary/aromatic N) is 1. The molecule has 23 heavy (non-hydrogen) atoms. The van der Waals surface area contributed by atoms with Crippen LogP contribution in [-0.2, 0) is 11.2 Å². The van der Waals surface area contributed by atoms with Gasteiger partial charge in [-0.25, -0.2) is 0 Å². The van der Waals surface area contributed by atoms with E-state index in [9.17, 15) is 4.79 Å². The molecule has 4 nitrogen and oxygen atoms in total. The van der Waals surface area contributed by atoms with E-state index in [0.29, 0.717) is 13.0 Å². The number of carbonyl (C=O) groups is 1. The van der Waals surface area contributed by atoms with Crippen LogP contribution in [0.5, 0.6) is 5.75 Å². The summed E-state index contributed by atoms with van der Waals surface area (Å²) in [6, 6.07) is 2.11. The molecule has 0 spiro atoms. The fraction of sp³-hybridized carbons (Fsp3) is 0.632. The van der Waals surface area contributed by atoms with Gasteiger partial charge in [-0.1, -0.05) is 0 Å². The molecule has 1 aromatic carbocycles. The van der Waals surface area contributed by atoms with E-state index in [1.807, 2.05) is 11.8 Å². The third-order valence-corrected chi connectivity index (χ3v) is 4.79. The van der Waals surface area contributed by atoms with Crippen LogP contribution in [0.4, 0.5) is 0 Å². The third kappa shape index (κ3) is 4.47. The van der Waals surface area contributed by atoms with E-state index in [1.165, 1.54) is 22.3 Å². The van der Waals surface area contributed by atoms with Crippen molar-refractivity contribution >= 4 is 5.91 Å². The van der Waals surface area contributed by atoms with E-state index >= 15 is 0 Å². The molecule has 1 saturated heterocycles. The maximum Gasteiger partial charge on any atom is 0.222 e. The minimum atomic E-state index is 0.277. The summed E-state index contributed by atoms with van der Waals surface area (Å²) in [4.78, 5) is 14.5. The summed E-state index contributed by atoms with van der Waals surface area (Å²) in [7, 11) is 0. The van der Waals surface area contributed by atoms with Gasteiger partial charge < -0.3 is 15.0 Å². The Bertz CT molecular complexity index is 547. The van der Waals surface area contributed by atoms with Crippen molar-refractivity contribution in [3.8, 4) is 5.75 Å². The number of rotatable bonds is 5.